The third-order valence-electron chi connectivity index (χ3n) is 5.85. The number of aromatic amines is 1. The average molecular weight is 476 g/mol. The van der Waals surface area contributed by atoms with E-state index in [2.05, 4.69) is 35.5 Å². The van der Waals surface area contributed by atoms with Gasteiger partial charge in [-0.25, -0.2) is 19.6 Å². The predicted octanol–water partition coefficient (Wildman–Crippen LogP) is 3.29. The molecule has 12 heteroatoms. The molecule has 4 aromatic rings. The molecular formula is C23H24N8O4. The van der Waals surface area contributed by atoms with Crippen molar-refractivity contribution in [1.82, 2.24) is 24.8 Å². The molecule has 0 aliphatic carbocycles. The zero-order valence-corrected chi connectivity index (χ0v) is 19.1. The number of amides is 1. The average Bonchev–Trinajstić information content (AvgIpc) is 3.20. The summed E-state index contributed by atoms with van der Waals surface area (Å²) in [6, 6.07) is 8.95. The van der Waals surface area contributed by atoms with E-state index in [9.17, 15) is 14.7 Å². The van der Waals surface area contributed by atoms with Crippen molar-refractivity contribution in [3.05, 3.63) is 58.8 Å². The van der Waals surface area contributed by atoms with Crippen LogP contribution >= 0.6 is 0 Å². The van der Waals surface area contributed by atoms with Crippen LogP contribution in [0.5, 0.6) is 0 Å². The standard InChI is InChI=1S/C23H24N8O4/c1-13-10-25-21(29-20(13)26-15-3-5-18-17(9-15)28-22(32)35-18)27-16-4-6-19(24-11-16)30-7-8-31(23(33)34)14(2)12-30/h3-6,9-11,14H,7-8,12H2,1-2H3,(H,28,32)(H,33,34)(H2,25,26,27,29)/t14-/m0/s1. The van der Waals surface area contributed by atoms with Crippen molar-refractivity contribution in [1.29, 1.82) is 0 Å². The van der Waals surface area contributed by atoms with Crippen molar-refractivity contribution in [2.45, 2.75) is 19.9 Å². The maximum absolute atomic E-state index is 11.4. The highest BCUT2D eigenvalue weighted by Gasteiger charge is 2.27. The summed E-state index contributed by atoms with van der Waals surface area (Å²) in [7, 11) is 0. The van der Waals surface area contributed by atoms with E-state index in [0.717, 1.165) is 22.8 Å². The van der Waals surface area contributed by atoms with Gasteiger partial charge in [-0.15, -0.1) is 0 Å². The highest BCUT2D eigenvalue weighted by atomic mass is 16.4. The van der Waals surface area contributed by atoms with E-state index in [1.54, 1.807) is 30.6 Å². The number of nitrogens with one attached hydrogen (secondary N) is 3. The Bertz CT molecular complexity index is 1430. The number of carboxylic acid groups (broad SMARTS) is 1. The molecule has 35 heavy (non-hydrogen) atoms. The van der Waals surface area contributed by atoms with Crippen molar-refractivity contribution < 1.29 is 14.3 Å². The summed E-state index contributed by atoms with van der Waals surface area (Å²) in [6.45, 7) is 5.40. The molecule has 0 unspecified atom stereocenters. The fraction of sp³-hybridized carbons (Fsp3) is 0.261. The Hall–Kier alpha value is -4.61. The topological polar surface area (TPSA) is 153 Å². The number of rotatable bonds is 5. The highest BCUT2D eigenvalue weighted by Crippen LogP contribution is 2.24. The number of nitrogens with zero attached hydrogens (tertiary/aromatic N) is 5. The first kappa shape index (κ1) is 22.2. The summed E-state index contributed by atoms with van der Waals surface area (Å²) in [6.07, 6.45) is 2.51. The molecule has 3 aromatic heterocycles. The van der Waals surface area contributed by atoms with Crippen molar-refractivity contribution in [2.75, 3.05) is 35.2 Å². The third kappa shape index (κ3) is 4.71. The first-order valence-corrected chi connectivity index (χ1v) is 11.1. The maximum atomic E-state index is 11.4. The van der Waals surface area contributed by atoms with Gasteiger partial charge in [0.05, 0.1) is 17.4 Å². The number of hydrogen-bond acceptors (Lipinski definition) is 9. The highest BCUT2D eigenvalue weighted by molar-refractivity contribution is 5.78. The van der Waals surface area contributed by atoms with E-state index < -0.39 is 11.8 Å². The van der Waals surface area contributed by atoms with Crippen molar-refractivity contribution in [2.24, 2.45) is 0 Å². The number of oxazole rings is 1. The van der Waals surface area contributed by atoms with Gasteiger partial charge < -0.3 is 30.0 Å². The second-order valence-corrected chi connectivity index (χ2v) is 8.38. The van der Waals surface area contributed by atoms with Crippen LogP contribution in [0.1, 0.15) is 12.5 Å². The van der Waals surface area contributed by atoms with Gasteiger partial charge in [0.1, 0.15) is 11.6 Å². The summed E-state index contributed by atoms with van der Waals surface area (Å²) in [5.74, 6) is 1.29. The number of aryl methyl sites for hydroxylation is 1. The summed E-state index contributed by atoms with van der Waals surface area (Å²) in [4.78, 5) is 42.3. The molecule has 1 atom stereocenters. The fourth-order valence-corrected chi connectivity index (χ4v) is 4.02. The van der Waals surface area contributed by atoms with Crippen LogP contribution in [0.4, 0.5) is 33.8 Å². The Labute approximate surface area is 199 Å². The molecule has 0 bridgehead atoms. The lowest BCUT2D eigenvalue weighted by Crippen LogP contribution is -2.53. The molecule has 1 aliphatic rings. The number of H-pyrrole nitrogens is 1. The first-order chi connectivity index (χ1) is 16.9. The number of hydrogen-bond donors (Lipinski definition) is 4. The second kappa shape index (κ2) is 8.97. The van der Waals surface area contributed by atoms with Crippen LogP contribution in [-0.2, 0) is 0 Å². The van der Waals surface area contributed by atoms with Crippen LogP contribution in [-0.4, -0.2) is 61.7 Å². The SMILES string of the molecule is Cc1cnc(Nc2ccc(N3CCN(C(=O)O)[C@@H](C)C3)nc2)nc1Nc1ccc2oc(=O)[nH]c2c1. The summed E-state index contributed by atoms with van der Waals surface area (Å²) in [5.41, 5.74) is 3.38. The number of aromatic nitrogens is 4. The van der Waals surface area contributed by atoms with Gasteiger partial charge in [0, 0.05) is 43.1 Å². The van der Waals surface area contributed by atoms with E-state index >= 15 is 0 Å². The molecule has 12 nitrogen and oxygen atoms in total. The quantitative estimate of drug-likeness (QED) is 0.337. The van der Waals surface area contributed by atoms with E-state index in [-0.39, 0.29) is 6.04 Å². The Morgan fingerprint density at radius 1 is 1.14 bits per heavy atom. The molecule has 4 N–H and O–H groups in total. The Morgan fingerprint density at radius 3 is 2.71 bits per heavy atom. The normalized spacial score (nSPS) is 15.9. The van der Waals surface area contributed by atoms with Gasteiger partial charge in [-0.3, -0.25) is 4.98 Å². The summed E-state index contributed by atoms with van der Waals surface area (Å²) in [5, 5.41) is 15.7. The van der Waals surface area contributed by atoms with Gasteiger partial charge in [0.2, 0.25) is 5.95 Å². The smallest absolute Gasteiger partial charge is 0.417 e. The van der Waals surface area contributed by atoms with Crippen molar-refractivity contribution in [3.8, 4) is 0 Å². The largest absolute Gasteiger partial charge is 0.465 e. The lowest BCUT2D eigenvalue weighted by molar-refractivity contribution is 0.122. The molecule has 4 heterocycles. The van der Waals surface area contributed by atoms with Crippen molar-refractivity contribution in [3.63, 3.8) is 0 Å². The fourth-order valence-electron chi connectivity index (χ4n) is 4.02. The first-order valence-electron chi connectivity index (χ1n) is 11.1. The van der Waals surface area contributed by atoms with Crippen LogP contribution in [0.2, 0.25) is 0 Å². The zero-order chi connectivity index (χ0) is 24.5. The Morgan fingerprint density at radius 2 is 1.97 bits per heavy atom. The number of piperazine rings is 1. The van der Waals surface area contributed by atoms with Crippen LogP contribution in [0.15, 0.2) is 51.9 Å². The van der Waals surface area contributed by atoms with Gasteiger partial charge in [-0.1, -0.05) is 0 Å². The number of pyridine rings is 1. The zero-order valence-electron chi connectivity index (χ0n) is 19.1. The number of carbonyl (C=O) groups is 1. The van der Waals surface area contributed by atoms with E-state index in [1.165, 1.54) is 4.90 Å². The molecule has 1 saturated heterocycles. The molecule has 180 valence electrons. The van der Waals surface area contributed by atoms with Gasteiger partial charge in [-0.05, 0) is 44.2 Å². The summed E-state index contributed by atoms with van der Waals surface area (Å²) >= 11 is 0. The monoisotopic (exact) mass is 476 g/mol. The van der Waals surface area contributed by atoms with Gasteiger partial charge >= 0.3 is 11.8 Å². The van der Waals surface area contributed by atoms with Crippen LogP contribution in [0, 0.1) is 6.92 Å². The predicted molar refractivity (Wildman–Crippen MR) is 131 cm³/mol. The van der Waals surface area contributed by atoms with Gasteiger partial charge in [0.25, 0.3) is 0 Å². The van der Waals surface area contributed by atoms with E-state index in [0.29, 0.717) is 42.5 Å². The minimum absolute atomic E-state index is 0.109. The van der Waals surface area contributed by atoms with E-state index in [1.807, 2.05) is 26.0 Å². The van der Waals surface area contributed by atoms with Crippen LogP contribution in [0.3, 0.4) is 0 Å². The molecule has 1 amide bonds. The molecule has 0 radical (unpaired) electrons. The second-order valence-electron chi connectivity index (χ2n) is 8.38. The molecular weight excluding hydrogens is 452 g/mol. The molecule has 1 aliphatic heterocycles. The van der Waals surface area contributed by atoms with Crippen LogP contribution < -0.4 is 21.3 Å². The lowest BCUT2D eigenvalue weighted by Gasteiger charge is -2.38. The van der Waals surface area contributed by atoms with E-state index in [4.69, 9.17) is 4.42 Å². The molecule has 0 saturated carbocycles. The van der Waals surface area contributed by atoms with Crippen LogP contribution in [0.25, 0.3) is 11.1 Å². The third-order valence-corrected chi connectivity index (χ3v) is 5.85. The summed E-state index contributed by atoms with van der Waals surface area (Å²) < 4.78 is 5.04. The molecule has 1 fully saturated rings. The minimum atomic E-state index is -0.895. The van der Waals surface area contributed by atoms with Gasteiger partial charge in [0.15, 0.2) is 5.58 Å². The molecule has 5 rings (SSSR count). The number of fused-ring (bicyclic) bond motifs is 1. The van der Waals surface area contributed by atoms with Crippen molar-refractivity contribution >= 4 is 46.2 Å². The lowest BCUT2D eigenvalue weighted by atomic mass is 10.2. The molecule has 0 spiro atoms. The molecule has 1 aromatic carbocycles. The number of anilines is 5. The Balaban J connectivity index is 1.27. The van der Waals surface area contributed by atoms with Gasteiger partial charge in [-0.2, -0.15) is 4.98 Å². The number of benzene rings is 1. The minimum Gasteiger partial charge on any atom is -0.465 e. The maximum Gasteiger partial charge on any atom is 0.417 e. The Kier molecular flexibility index (Phi) is 5.69.